The first kappa shape index (κ1) is 13.2. The lowest BCUT2D eigenvalue weighted by molar-refractivity contribution is -0.137. The first-order valence-electron chi connectivity index (χ1n) is 4.72. The van der Waals surface area contributed by atoms with Gasteiger partial charge in [0.25, 0.3) is 0 Å². The molecule has 1 aromatic heterocycles. The Labute approximate surface area is 106 Å². The number of thiophene rings is 1. The number of hydrogen-bond donors (Lipinski definition) is 2. The van der Waals surface area contributed by atoms with Gasteiger partial charge in [-0.3, -0.25) is 9.59 Å². The van der Waals surface area contributed by atoms with Crippen LogP contribution < -0.4 is 5.32 Å². The minimum Gasteiger partial charge on any atom is -0.481 e. The van der Waals surface area contributed by atoms with Gasteiger partial charge in [-0.15, -0.1) is 11.3 Å². The molecular weight excluding hydrogens is 294 g/mol. The number of carbonyl (C=O) groups is 2. The monoisotopic (exact) mass is 305 g/mol. The van der Waals surface area contributed by atoms with E-state index in [0.717, 1.165) is 8.66 Å². The number of aliphatic carboxylic acids is 1. The third kappa shape index (κ3) is 4.76. The Bertz CT molecular complexity index is 391. The second kappa shape index (κ2) is 6.00. The molecular formula is C10H12BrNO3S. The molecule has 1 rings (SSSR count). The molecule has 1 atom stereocenters. The molecule has 0 aliphatic heterocycles. The second-order valence-electron chi connectivity index (χ2n) is 3.45. The van der Waals surface area contributed by atoms with Gasteiger partial charge in [0.05, 0.1) is 16.6 Å². The maximum atomic E-state index is 11.5. The standard InChI is InChI=1S/C10H12BrNO3S/c1-6(4-10(14)15)12-9(13)5-7-2-3-8(11)16-7/h2-3,6H,4-5H2,1H3,(H,12,13)(H,14,15). The predicted molar refractivity (Wildman–Crippen MR) is 65.6 cm³/mol. The Morgan fingerprint density at radius 2 is 2.25 bits per heavy atom. The van der Waals surface area contributed by atoms with Crippen LogP contribution in [0.15, 0.2) is 15.9 Å². The van der Waals surface area contributed by atoms with E-state index >= 15 is 0 Å². The number of amides is 1. The summed E-state index contributed by atoms with van der Waals surface area (Å²) in [6, 6.07) is 3.41. The predicted octanol–water partition coefficient (Wildman–Crippen LogP) is 2.03. The summed E-state index contributed by atoms with van der Waals surface area (Å²) in [7, 11) is 0. The first-order chi connectivity index (χ1) is 7.47. The topological polar surface area (TPSA) is 66.4 Å². The second-order valence-corrected chi connectivity index (χ2v) is 6.00. The third-order valence-electron chi connectivity index (χ3n) is 1.85. The Hall–Kier alpha value is -0.880. The van der Waals surface area contributed by atoms with Gasteiger partial charge in [0.15, 0.2) is 0 Å². The van der Waals surface area contributed by atoms with Crippen molar-refractivity contribution in [3.8, 4) is 0 Å². The van der Waals surface area contributed by atoms with Crippen LogP contribution in [0, 0.1) is 0 Å². The summed E-state index contributed by atoms with van der Waals surface area (Å²) in [5.74, 6) is -1.06. The van der Waals surface area contributed by atoms with Crippen LogP contribution in [0.5, 0.6) is 0 Å². The van der Waals surface area contributed by atoms with Gasteiger partial charge in [-0.2, -0.15) is 0 Å². The maximum absolute atomic E-state index is 11.5. The smallest absolute Gasteiger partial charge is 0.305 e. The van der Waals surface area contributed by atoms with Crippen molar-refractivity contribution in [1.29, 1.82) is 0 Å². The van der Waals surface area contributed by atoms with E-state index in [9.17, 15) is 9.59 Å². The minimum absolute atomic E-state index is 0.0557. The summed E-state index contributed by atoms with van der Waals surface area (Å²) in [5.41, 5.74) is 0. The summed E-state index contributed by atoms with van der Waals surface area (Å²) in [5, 5.41) is 11.2. The maximum Gasteiger partial charge on any atom is 0.305 e. The van der Waals surface area contributed by atoms with Crippen molar-refractivity contribution < 1.29 is 14.7 Å². The molecule has 1 amide bonds. The molecule has 0 aromatic carbocycles. The summed E-state index contributed by atoms with van der Waals surface area (Å²) >= 11 is 4.81. The molecule has 0 bridgehead atoms. The molecule has 2 N–H and O–H groups in total. The van der Waals surface area contributed by atoms with E-state index in [-0.39, 0.29) is 18.4 Å². The number of carboxylic acid groups (broad SMARTS) is 1. The molecule has 0 aliphatic rings. The van der Waals surface area contributed by atoms with Crippen LogP contribution in [0.2, 0.25) is 0 Å². The lowest BCUT2D eigenvalue weighted by Crippen LogP contribution is -2.35. The van der Waals surface area contributed by atoms with Crippen LogP contribution in [0.3, 0.4) is 0 Å². The Balaban J connectivity index is 2.38. The fourth-order valence-corrected chi connectivity index (χ4v) is 2.73. The van der Waals surface area contributed by atoms with Crippen molar-refractivity contribution in [2.75, 3.05) is 0 Å². The first-order valence-corrected chi connectivity index (χ1v) is 6.33. The van der Waals surface area contributed by atoms with Crippen molar-refractivity contribution in [1.82, 2.24) is 5.32 Å². The number of carboxylic acids is 1. The van der Waals surface area contributed by atoms with Crippen molar-refractivity contribution in [2.24, 2.45) is 0 Å². The lowest BCUT2D eigenvalue weighted by atomic mass is 10.2. The van der Waals surface area contributed by atoms with Gasteiger partial charge in [0, 0.05) is 10.9 Å². The molecule has 0 spiro atoms. The van der Waals surface area contributed by atoms with Crippen LogP contribution >= 0.6 is 27.3 Å². The summed E-state index contributed by atoms with van der Waals surface area (Å²) < 4.78 is 0.980. The molecule has 0 radical (unpaired) electrons. The lowest BCUT2D eigenvalue weighted by Gasteiger charge is -2.10. The van der Waals surface area contributed by atoms with Crippen molar-refractivity contribution in [3.05, 3.63) is 20.8 Å². The van der Waals surface area contributed by atoms with Gasteiger partial charge in [-0.25, -0.2) is 0 Å². The van der Waals surface area contributed by atoms with Crippen molar-refractivity contribution >= 4 is 39.1 Å². The number of carbonyl (C=O) groups excluding carboxylic acids is 1. The molecule has 1 aromatic rings. The minimum atomic E-state index is -0.910. The largest absolute Gasteiger partial charge is 0.481 e. The zero-order chi connectivity index (χ0) is 12.1. The molecule has 1 unspecified atom stereocenters. The van der Waals surface area contributed by atoms with E-state index < -0.39 is 5.97 Å². The zero-order valence-electron chi connectivity index (χ0n) is 8.70. The van der Waals surface area contributed by atoms with E-state index in [1.54, 1.807) is 6.92 Å². The van der Waals surface area contributed by atoms with Gasteiger partial charge in [-0.05, 0) is 35.0 Å². The summed E-state index contributed by atoms with van der Waals surface area (Å²) in [4.78, 5) is 22.8. The zero-order valence-corrected chi connectivity index (χ0v) is 11.1. The Morgan fingerprint density at radius 1 is 1.56 bits per heavy atom. The van der Waals surface area contributed by atoms with Gasteiger partial charge in [0.2, 0.25) is 5.91 Å². The molecule has 16 heavy (non-hydrogen) atoms. The highest BCUT2D eigenvalue weighted by molar-refractivity contribution is 9.11. The third-order valence-corrected chi connectivity index (χ3v) is 3.48. The van der Waals surface area contributed by atoms with Gasteiger partial charge in [-0.1, -0.05) is 0 Å². The molecule has 6 heteroatoms. The van der Waals surface area contributed by atoms with Crippen molar-refractivity contribution in [3.63, 3.8) is 0 Å². The van der Waals surface area contributed by atoms with Crippen LogP contribution in [0.1, 0.15) is 18.2 Å². The highest BCUT2D eigenvalue weighted by Gasteiger charge is 2.11. The average molecular weight is 306 g/mol. The number of rotatable bonds is 5. The highest BCUT2D eigenvalue weighted by atomic mass is 79.9. The molecule has 0 fully saturated rings. The molecule has 1 heterocycles. The van der Waals surface area contributed by atoms with E-state index in [1.807, 2.05) is 12.1 Å². The summed E-state index contributed by atoms with van der Waals surface area (Å²) in [6.07, 6.45) is 0.236. The van der Waals surface area contributed by atoms with E-state index in [4.69, 9.17) is 5.11 Å². The number of nitrogens with one attached hydrogen (secondary N) is 1. The van der Waals surface area contributed by atoms with Crippen molar-refractivity contribution in [2.45, 2.75) is 25.8 Å². The fourth-order valence-electron chi connectivity index (χ4n) is 1.24. The van der Waals surface area contributed by atoms with Gasteiger partial charge >= 0.3 is 5.97 Å². The van der Waals surface area contributed by atoms with Gasteiger partial charge < -0.3 is 10.4 Å². The van der Waals surface area contributed by atoms with Crippen LogP contribution in [0.4, 0.5) is 0 Å². The Morgan fingerprint density at radius 3 is 2.75 bits per heavy atom. The van der Waals surface area contributed by atoms with Crippen LogP contribution in [-0.4, -0.2) is 23.0 Å². The molecule has 0 saturated heterocycles. The van der Waals surface area contributed by atoms with E-state index in [2.05, 4.69) is 21.2 Å². The quantitative estimate of drug-likeness (QED) is 0.875. The van der Waals surface area contributed by atoms with E-state index in [0.29, 0.717) is 6.42 Å². The molecule has 88 valence electrons. The average Bonchev–Trinajstić information content (AvgIpc) is 2.48. The van der Waals surface area contributed by atoms with Crippen LogP contribution in [-0.2, 0) is 16.0 Å². The molecule has 0 saturated carbocycles. The molecule has 4 nitrogen and oxygen atoms in total. The van der Waals surface area contributed by atoms with Crippen LogP contribution in [0.25, 0.3) is 0 Å². The van der Waals surface area contributed by atoms with Gasteiger partial charge in [0.1, 0.15) is 0 Å². The SMILES string of the molecule is CC(CC(=O)O)NC(=O)Cc1ccc(Br)s1. The van der Waals surface area contributed by atoms with E-state index in [1.165, 1.54) is 11.3 Å². The highest BCUT2D eigenvalue weighted by Crippen LogP contribution is 2.22. The summed E-state index contributed by atoms with van der Waals surface area (Å²) in [6.45, 7) is 1.68. The normalized spacial score (nSPS) is 12.1. The molecule has 0 aliphatic carbocycles. The fraction of sp³-hybridized carbons (Fsp3) is 0.400. The number of halogens is 1. The Kier molecular flexibility index (Phi) is 4.95. The number of hydrogen-bond acceptors (Lipinski definition) is 3.